The van der Waals surface area contributed by atoms with Gasteiger partial charge in [-0.2, -0.15) is 0 Å². The Hall–Kier alpha value is -1.59. The first-order chi connectivity index (χ1) is 7.92. The normalized spacial score (nSPS) is 11.5. The molecular weight excluding hydrogens is 238 g/mol. The number of fused-ring (bicyclic) bond motifs is 1. The van der Waals surface area contributed by atoms with Crippen molar-refractivity contribution in [3.05, 3.63) is 40.1 Å². The Morgan fingerprint density at radius 2 is 2.12 bits per heavy atom. The first kappa shape index (κ1) is 9.62. The van der Waals surface area contributed by atoms with E-state index in [1.165, 1.54) is 4.70 Å². The molecule has 3 rings (SSSR count). The zero-order chi connectivity index (χ0) is 10.8. The summed E-state index contributed by atoms with van der Waals surface area (Å²) >= 11 is 3.28. The number of rotatable bonds is 2. The van der Waals surface area contributed by atoms with E-state index in [2.05, 4.69) is 15.0 Å². The number of pyridine rings is 1. The molecule has 0 saturated heterocycles. The molecular formula is C11H7N3S2. The highest BCUT2D eigenvalue weighted by Crippen LogP contribution is 2.22. The minimum atomic E-state index is 0.955. The summed E-state index contributed by atoms with van der Waals surface area (Å²) < 4.78 is 1.17. The number of hydrogen-bond donors (Lipinski definition) is 0. The molecule has 3 nitrogen and oxygen atoms in total. The number of hydrogen-bond acceptors (Lipinski definition) is 5. The van der Waals surface area contributed by atoms with Crippen LogP contribution in [0.3, 0.4) is 0 Å². The molecule has 3 aromatic rings. The van der Waals surface area contributed by atoms with Crippen LogP contribution in [0.1, 0.15) is 9.88 Å². The van der Waals surface area contributed by atoms with Gasteiger partial charge in [0.2, 0.25) is 0 Å². The molecule has 0 spiro atoms. The predicted octanol–water partition coefficient (Wildman–Crippen LogP) is 3.32. The third-order valence-corrected chi connectivity index (χ3v) is 3.79. The SMILES string of the molecule is C(=Cc1nc2cnccc2s1)c1cncs1. The summed E-state index contributed by atoms with van der Waals surface area (Å²) in [5, 5.41) is 0.997. The van der Waals surface area contributed by atoms with Gasteiger partial charge in [0.25, 0.3) is 0 Å². The van der Waals surface area contributed by atoms with Gasteiger partial charge in [0.05, 0.1) is 16.4 Å². The van der Waals surface area contributed by atoms with Crippen molar-refractivity contribution < 1.29 is 0 Å². The second-order valence-corrected chi connectivity index (χ2v) is 5.11. The maximum Gasteiger partial charge on any atom is 0.117 e. The van der Waals surface area contributed by atoms with E-state index in [1.807, 2.05) is 29.9 Å². The Kier molecular flexibility index (Phi) is 2.47. The summed E-state index contributed by atoms with van der Waals surface area (Å²) in [5.41, 5.74) is 2.78. The van der Waals surface area contributed by atoms with Crippen molar-refractivity contribution in [1.29, 1.82) is 0 Å². The lowest BCUT2D eigenvalue weighted by Gasteiger charge is -1.81. The minimum Gasteiger partial charge on any atom is -0.262 e. The van der Waals surface area contributed by atoms with Gasteiger partial charge >= 0.3 is 0 Å². The van der Waals surface area contributed by atoms with Crippen LogP contribution in [0.15, 0.2) is 30.2 Å². The van der Waals surface area contributed by atoms with Crippen LogP contribution in [0.4, 0.5) is 0 Å². The Labute approximate surface area is 100 Å². The lowest BCUT2D eigenvalue weighted by molar-refractivity contribution is 1.33. The highest BCUT2D eigenvalue weighted by atomic mass is 32.1. The van der Waals surface area contributed by atoms with Crippen LogP contribution in [0.25, 0.3) is 22.4 Å². The summed E-state index contributed by atoms with van der Waals surface area (Å²) in [4.78, 5) is 13.7. The van der Waals surface area contributed by atoms with E-state index in [0.717, 1.165) is 15.4 Å². The maximum atomic E-state index is 4.47. The van der Waals surface area contributed by atoms with Gasteiger partial charge in [-0.1, -0.05) is 0 Å². The molecule has 0 fully saturated rings. The Morgan fingerprint density at radius 1 is 1.12 bits per heavy atom. The van der Waals surface area contributed by atoms with Crippen LogP contribution in [0.5, 0.6) is 0 Å². The largest absolute Gasteiger partial charge is 0.262 e. The minimum absolute atomic E-state index is 0.955. The smallest absolute Gasteiger partial charge is 0.117 e. The molecule has 0 unspecified atom stereocenters. The molecule has 78 valence electrons. The van der Waals surface area contributed by atoms with Crippen molar-refractivity contribution in [3.8, 4) is 0 Å². The molecule has 0 amide bonds. The van der Waals surface area contributed by atoms with Gasteiger partial charge in [-0.25, -0.2) is 4.98 Å². The molecule has 16 heavy (non-hydrogen) atoms. The molecule has 0 aliphatic carbocycles. The Bertz CT molecular complexity index is 593. The number of nitrogens with zero attached hydrogens (tertiary/aromatic N) is 3. The Morgan fingerprint density at radius 3 is 2.94 bits per heavy atom. The molecule has 0 radical (unpaired) electrons. The highest BCUT2D eigenvalue weighted by Gasteiger charge is 1.99. The molecule has 0 aliphatic rings. The van der Waals surface area contributed by atoms with Crippen molar-refractivity contribution in [1.82, 2.24) is 15.0 Å². The lowest BCUT2D eigenvalue weighted by atomic mass is 10.4. The fraction of sp³-hybridized carbons (Fsp3) is 0. The van der Waals surface area contributed by atoms with E-state index >= 15 is 0 Å². The van der Waals surface area contributed by atoms with E-state index in [0.29, 0.717) is 0 Å². The molecule has 0 saturated carbocycles. The van der Waals surface area contributed by atoms with Crippen LogP contribution < -0.4 is 0 Å². The fourth-order valence-corrected chi connectivity index (χ4v) is 2.68. The van der Waals surface area contributed by atoms with Gasteiger partial charge in [0.1, 0.15) is 10.5 Å². The number of aromatic nitrogens is 3. The van der Waals surface area contributed by atoms with Gasteiger partial charge in [-0.15, -0.1) is 22.7 Å². The first-order valence-corrected chi connectivity index (χ1v) is 6.38. The quantitative estimate of drug-likeness (QED) is 0.695. The summed E-state index contributed by atoms with van der Waals surface area (Å²) in [6.07, 6.45) is 9.46. The highest BCUT2D eigenvalue weighted by molar-refractivity contribution is 7.19. The first-order valence-electron chi connectivity index (χ1n) is 4.69. The average molecular weight is 245 g/mol. The monoisotopic (exact) mass is 245 g/mol. The van der Waals surface area contributed by atoms with Crippen LogP contribution in [0.2, 0.25) is 0 Å². The molecule has 0 atom stereocenters. The van der Waals surface area contributed by atoms with Crippen molar-refractivity contribution in [2.45, 2.75) is 0 Å². The van der Waals surface area contributed by atoms with Gasteiger partial charge in [-0.3, -0.25) is 9.97 Å². The van der Waals surface area contributed by atoms with E-state index < -0.39 is 0 Å². The third kappa shape index (κ3) is 1.87. The molecule has 5 heteroatoms. The van der Waals surface area contributed by atoms with Crippen molar-refractivity contribution in [2.75, 3.05) is 0 Å². The summed E-state index contributed by atoms with van der Waals surface area (Å²) in [5.74, 6) is 0. The Balaban J connectivity index is 1.95. The molecule has 3 aromatic heterocycles. The van der Waals surface area contributed by atoms with Crippen LogP contribution >= 0.6 is 22.7 Å². The summed E-state index contributed by atoms with van der Waals surface area (Å²) in [6, 6.07) is 1.98. The van der Waals surface area contributed by atoms with E-state index in [-0.39, 0.29) is 0 Å². The maximum absolute atomic E-state index is 4.47. The van der Waals surface area contributed by atoms with Gasteiger partial charge in [-0.05, 0) is 18.2 Å². The third-order valence-electron chi connectivity index (χ3n) is 2.05. The zero-order valence-corrected chi connectivity index (χ0v) is 9.83. The van der Waals surface area contributed by atoms with Crippen molar-refractivity contribution in [2.24, 2.45) is 0 Å². The second kappa shape index (κ2) is 4.11. The lowest BCUT2D eigenvalue weighted by Crippen LogP contribution is -1.70. The second-order valence-electron chi connectivity index (χ2n) is 3.13. The van der Waals surface area contributed by atoms with Crippen molar-refractivity contribution in [3.63, 3.8) is 0 Å². The summed E-state index contributed by atoms with van der Waals surface area (Å²) in [6.45, 7) is 0. The van der Waals surface area contributed by atoms with Gasteiger partial charge in [0, 0.05) is 17.3 Å². The zero-order valence-electron chi connectivity index (χ0n) is 8.20. The van der Waals surface area contributed by atoms with Gasteiger partial charge < -0.3 is 0 Å². The number of thiazole rings is 2. The van der Waals surface area contributed by atoms with E-state index in [4.69, 9.17) is 0 Å². The van der Waals surface area contributed by atoms with Gasteiger partial charge in [0.15, 0.2) is 0 Å². The van der Waals surface area contributed by atoms with Crippen LogP contribution in [-0.4, -0.2) is 15.0 Å². The standard InChI is InChI=1S/C11H7N3S2/c1(8-5-13-7-15-8)2-11-14-9-6-12-4-3-10(9)16-11/h1-7H. The van der Waals surface area contributed by atoms with E-state index in [9.17, 15) is 0 Å². The molecule has 0 bridgehead atoms. The fourth-order valence-electron chi connectivity index (χ4n) is 1.33. The average Bonchev–Trinajstić information content (AvgIpc) is 2.95. The predicted molar refractivity (Wildman–Crippen MR) is 68.5 cm³/mol. The molecule has 3 heterocycles. The van der Waals surface area contributed by atoms with Crippen LogP contribution in [-0.2, 0) is 0 Å². The van der Waals surface area contributed by atoms with E-state index in [1.54, 1.807) is 35.1 Å². The molecule has 0 aliphatic heterocycles. The topological polar surface area (TPSA) is 38.7 Å². The molecule has 0 aromatic carbocycles. The van der Waals surface area contributed by atoms with Crippen LogP contribution in [0, 0.1) is 0 Å². The van der Waals surface area contributed by atoms with Crippen molar-refractivity contribution >= 4 is 45.0 Å². The summed E-state index contributed by atoms with van der Waals surface area (Å²) in [7, 11) is 0. The molecule has 0 N–H and O–H groups in total.